The van der Waals surface area contributed by atoms with Crippen molar-refractivity contribution in [3.63, 3.8) is 0 Å². The Hall–Kier alpha value is -1.05. The summed E-state index contributed by atoms with van der Waals surface area (Å²) >= 11 is 0. The molecule has 0 aromatic rings. The molecule has 1 rings (SSSR count). The van der Waals surface area contributed by atoms with Gasteiger partial charge in [-0.1, -0.05) is 11.8 Å². The number of aliphatic hydroxyl groups excluding tert-OH is 1. The van der Waals surface area contributed by atoms with E-state index in [4.69, 9.17) is 5.11 Å². The summed E-state index contributed by atoms with van der Waals surface area (Å²) in [6.07, 6.45) is 2.12. The van der Waals surface area contributed by atoms with E-state index in [-0.39, 0.29) is 5.91 Å². The van der Waals surface area contributed by atoms with Gasteiger partial charge >= 0.3 is 0 Å². The summed E-state index contributed by atoms with van der Waals surface area (Å²) in [6, 6.07) is 0. The molecule has 1 amide bonds. The number of carbonyl (C=O) groups excluding carboxylic acids is 1. The molecular weight excluding hydrogens is 216 g/mol. The molecule has 0 saturated carbocycles. The number of nitrogens with zero attached hydrogens (tertiary/aromatic N) is 2. The molecule has 1 heterocycles. The smallest absolute Gasteiger partial charge is 0.219 e. The zero-order valence-corrected chi connectivity index (χ0v) is 10.8. The van der Waals surface area contributed by atoms with Crippen molar-refractivity contribution in [2.45, 2.75) is 19.8 Å². The Kier molecular flexibility index (Phi) is 6.03. The molecule has 0 radical (unpaired) electrons. The van der Waals surface area contributed by atoms with Gasteiger partial charge in [0.2, 0.25) is 5.91 Å². The van der Waals surface area contributed by atoms with Gasteiger partial charge in [-0.25, -0.2) is 0 Å². The number of aliphatic hydroxyl groups is 1. The number of rotatable bonds is 3. The van der Waals surface area contributed by atoms with E-state index in [9.17, 15) is 4.79 Å². The Morgan fingerprint density at radius 1 is 1.41 bits per heavy atom. The van der Waals surface area contributed by atoms with Crippen LogP contribution in [0.15, 0.2) is 0 Å². The van der Waals surface area contributed by atoms with Crippen molar-refractivity contribution in [2.75, 3.05) is 39.8 Å². The van der Waals surface area contributed by atoms with Crippen LogP contribution in [0.1, 0.15) is 19.8 Å². The third-order valence-corrected chi connectivity index (χ3v) is 3.25. The van der Waals surface area contributed by atoms with Gasteiger partial charge in [-0.05, 0) is 31.8 Å². The topological polar surface area (TPSA) is 43.8 Å². The molecule has 4 nitrogen and oxygen atoms in total. The van der Waals surface area contributed by atoms with Crippen molar-refractivity contribution in [2.24, 2.45) is 5.92 Å². The zero-order valence-electron chi connectivity index (χ0n) is 10.8. The van der Waals surface area contributed by atoms with E-state index in [0.29, 0.717) is 19.1 Å². The van der Waals surface area contributed by atoms with Gasteiger partial charge in [0, 0.05) is 20.6 Å². The number of hydrogen-bond acceptors (Lipinski definition) is 3. The van der Waals surface area contributed by atoms with Crippen LogP contribution in [0, 0.1) is 17.8 Å². The lowest BCUT2D eigenvalue weighted by atomic mass is 9.98. The number of amides is 1. The lowest BCUT2D eigenvalue weighted by molar-refractivity contribution is -0.126. The Labute approximate surface area is 104 Å². The van der Waals surface area contributed by atoms with E-state index in [1.165, 1.54) is 0 Å². The quantitative estimate of drug-likeness (QED) is 0.713. The van der Waals surface area contributed by atoms with Gasteiger partial charge in [0.05, 0.1) is 13.1 Å². The lowest BCUT2D eigenvalue weighted by Gasteiger charge is -2.29. The van der Waals surface area contributed by atoms with Gasteiger partial charge in [0.25, 0.3) is 0 Å². The third-order valence-electron chi connectivity index (χ3n) is 3.25. The summed E-state index contributed by atoms with van der Waals surface area (Å²) in [4.78, 5) is 14.8. The fourth-order valence-electron chi connectivity index (χ4n) is 1.78. The molecule has 0 aromatic heterocycles. The van der Waals surface area contributed by atoms with E-state index < -0.39 is 0 Å². The van der Waals surface area contributed by atoms with Crippen LogP contribution < -0.4 is 0 Å². The second-order valence-electron chi connectivity index (χ2n) is 4.63. The zero-order chi connectivity index (χ0) is 12.7. The first kappa shape index (κ1) is 14.0. The Morgan fingerprint density at radius 3 is 2.59 bits per heavy atom. The molecule has 0 unspecified atom stereocenters. The molecule has 0 atom stereocenters. The largest absolute Gasteiger partial charge is 0.396 e. The van der Waals surface area contributed by atoms with E-state index in [2.05, 4.69) is 16.7 Å². The highest BCUT2D eigenvalue weighted by atomic mass is 16.3. The van der Waals surface area contributed by atoms with Crippen LogP contribution in [0.2, 0.25) is 0 Å². The van der Waals surface area contributed by atoms with Crippen molar-refractivity contribution in [3.05, 3.63) is 0 Å². The summed E-state index contributed by atoms with van der Waals surface area (Å²) in [6.45, 7) is 5.15. The van der Waals surface area contributed by atoms with Crippen molar-refractivity contribution in [1.82, 2.24) is 9.80 Å². The van der Waals surface area contributed by atoms with Crippen LogP contribution in [0.25, 0.3) is 0 Å². The highest BCUT2D eigenvalue weighted by molar-refractivity contribution is 5.73. The first-order valence-electron chi connectivity index (χ1n) is 6.14. The molecule has 1 fully saturated rings. The van der Waals surface area contributed by atoms with Crippen LogP contribution in [-0.2, 0) is 4.79 Å². The third kappa shape index (κ3) is 5.20. The Morgan fingerprint density at radius 2 is 2.06 bits per heavy atom. The predicted molar refractivity (Wildman–Crippen MR) is 67.3 cm³/mol. The minimum atomic E-state index is 0.0445. The second-order valence-corrected chi connectivity index (χ2v) is 4.63. The predicted octanol–water partition coefficient (Wildman–Crippen LogP) is 0.172. The molecule has 0 spiro atoms. The first-order valence-corrected chi connectivity index (χ1v) is 6.14. The lowest BCUT2D eigenvalue weighted by Crippen LogP contribution is -2.35. The SMILES string of the molecule is CC(=O)N(C)CC#CCN1CCC(CO)CC1. The summed E-state index contributed by atoms with van der Waals surface area (Å²) in [5.41, 5.74) is 0. The maximum absolute atomic E-state index is 10.9. The van der Waals surface area contributed by atoms with Gasteiger partial charge in [-0.2, -0.15) is 0 Å². The Bertz CT molecular complexity index is 298. The van der Waals surface area contributed by atoms with Crippen LogP contribution in [0.4, 0.5) is 0 Å². The first-order chi connectivity index (χ1) is 8.13. The van der Waals surface area contributed by atoms with Gasteiger partial charge < -0.3 is 10.0 Å². The Balaban J connectivity index is 2.19. The maximum Gasteiger partial charge on any atom is 0.219 e. The molecular formula is C13H22N2O2. The normalized spacial score (nSPS) is 17.4. The van der Waals surface area contributed by atoms with E-state index in [0.717, 1.165) is 32.5 Å². The fourth-order valence-corrected chi connectivity index (χ4v) is 1.78. The second kappa shape index (κ2) is 7.31. The monoisotopic (exact) mass is 238 g/mol. The van der Waals surface area contributed by atoms with E-state index in [1.54, 1.807) is 18.9 Å². The molecule has 1 aliphatic heterocycles. The highest BCUT2D eigenvalue weighted by Gasteiger charge is 2.17. The minimum Gasteiger partial charge on any atom is -0.396 e. The molecule has 17 heavy (non-hydrogen) atoms. The number of carbonyl (C=O) groups is 1. The average Bonchev–Trinajstić information content (AvgIpc) is 2.35. The standard InChI is InChI=1S/C13H22N2O2/c1-12(17)14(2)7-3-4-8-15-9-5-13(11-16)6-10-15/h13,16H,5-11H2,1-2H3. The molecule has 1 N–H and O–H groups in total. The molecule has 0 bridgehead atoms. The van der Waals surface area contributed by atoms with Gasteiger partial charge in [0.1, 0.15) is 0 Å². The summed E-state index contributed by atoms with van der Waals surface area (Å²) < 4.78 is 0. The van der Waals surface area contributed by atoms with Crippen LogP contribution in [0.3, 0.4) is 0 Å². The van der Waals surface area contributed by atoms with Crippen molar-refractivity contribution < 1.29 is 9.90 Å². The molecule has 0 aromatic carbocycles. The minimum absolute atomic E-state index is 0.0445. The van der Waals surface area contributed by atoms with E-state index >= 15 is 0 Å². The van der Waals surface area contributed by atoms with Crippen molar-refractivity contribution >= 4 is 5.91 Å². The van der Waals surface area contributed by atoms with E-state index in [1.807, 2.05) is 0 Å². The van der Waals surface area contributed by atoms with Crippen LogP contribution in [-0.4, -0.2) is 60.6 Å². The summed E-state index contributed by atoms with van der Waals surface area (Å²) in [5.74, 6) is 6.62. The highest BCUT2D eigenvalue weighted by Crippen LogP contribution is 2.15. The number of hydrogen-bond donors (Lipinski definition) is 1. The molecule has 4 heteroatoms. The molecule has 0 aliphatic carbocycles. The fraction of sp³-hybridized carbons (Fsp3) is 0.769. The van der Waals surface area contributed by atoms with Gasteiger partial charge in [0.15, 0.2) is 0 Å². The van der Waals surface area contributed by atoms with Crippen molar-refractivity contribution in [1.29, 1.82) is 0 Å². The van der Waals surface area contributed by atoms with Crippen LogP contribution in [0.5, 0.6) is 0 Å². The average molecular weight is 238 g/mol. The van der Waals surface area contributed by atoms with Gasteiger partial charge in [-0.15, -0.1) is 0 Å². The van der Waals surface area contributed by atoms with Crippen LogP contribution >= 0.6 is 0 Å². The van der Waals surface area contributed by atoms with Gasteiger partial charge in [-0.3, -0.25) is 9.69 Å². The molecule has 1 saturated heterocycles. The number of likely N-dealkylation sites (tertiary alicyclic amines) is 1. The van der Waals surface area contributed by atoms with Crippen molar-refractivity contribution in [3.8, 4) is 11.8 Å². The molecule has 96 valence electrons. The number of piperidine rings is 1. The maximum atomic E-state index is 10.9. The summed E-state index contributed by atoms with van der Waals surface area (Å²) in [5, 5.41) is 9.02. The molecule has 1 aliphatic rings. The summed E-state index contributed by atoms with van der Waals surface area (Å²) in [7, 11) is 1.75.